The van der Waals surface area contributed by atoms with Gasteiger partial charge in [-0.25, -0.2) is 28.6 Å². The average Bonchev–Trinajstić information content (AvgIpc) is 3.25. The second kappa shape index (κ2) is 10.5. The van der Waals surface area contributed by atoms with Crippen LogP contribution in [0.1, 0.15) is 19.1 Å². The number of phosphoric ester groups is 1. The minimum atomic E-state index is -5.82. The minimum Gasteiger partial charge on any atom is -0.390 e. The van der Waals surface area contributed by atoms with Gasteiger partial charge in [0.1, 0.15) is 30.2 Å². The topological polar surface area (TPSA) is 316 Å². The number of nitrogen functional groups attached to an aromatic ring is 1. The first-order chi connectivity index (χ1) is 16.5. The van der Waals surface area contributed by atoms with E-state index in [1.54, 1.807) is 0 Å². The number of aliphatic hydroxyl groups excluding tert-OH is 3. The lowest BCUT2D eigenvalue weighted by Crippen LogP contribution is -2.38. The van der Waals surface area contributed by atoms with E-state index in [9.17, 15) is 38.7 Å². The first kappa shape index (κ1) is 28.7. The largest absolute Gasteiger partial charge is 0.538 e. The van der Waals surface area contributed by atoms with E-state index in [2.05, 4.69) is 28.1 Å². The summed E-state index contributed by atoms with van der Waals surface area (Å²) in [5, 5.41) is 31.0. The number of hydrogen-bond acceptors (Lipinski definition) is 15. The van der Waals surface area contributed by atoms with Gasteiger partial charge in [-0.1, -0.05) is 0 Å². The lowest BCUT2D eigenvalue weighted by Gasteiger charge is -2.21. The zero-order valence-corrected chi connectivity index (χ0v) is 20.2. The normalized spacial score (nSPS) is 26.9. The second-order valence-electron chi connectivity index (χ2n) is 7.22. The van der Waals surface area contributed by atoms with E-state index in [1.807, 2.05) is 0 Å². The predicted molar refractivity (Wildman–Crippen MR) is 111 cm³/mol. The fraction of sp³-hybridized carbons (Fsp3) is 0.538. The SMILES string of the molecule is Nc1ncnc2c1ncn2[C@@H]1O[C@H](C(O)CCC(=O)OP(=O)(O)OP(=O)(O)OP(=O)(O)O)[C@@H](O)[C@H]1O. The molecule has 2 aromatic heterocycles. The summed E-state index contributed by atoms with van der Waals surface area (Å²) in [7, 11) is -17.1. The molecule has 9 N–H and O–H groups in total. The third kappa shape index (κ3) is 6.90. The Morgan fingerprint density at radius 3 is 2.39 bits per heavy atom. The number of nitrogens with zero attached hydrogens (tertiary/aromatic N) is 4. The molecule has 2 aromatic rings. The van der Waals surface area contributed by atoms with Crippen LogP contribution in [0.5, 0.6) is 0 Å². The Morgan fingerprint density at radius 2 is 1.75 bits per heavy atom. The third-order valence-electron chi connectivity index (χ3n) is 4.59. The molecule has 1 aliphatic rings. The molecule has 1 aliphatic heterocycles. The smallest absolute Gasteiger partial charge is 0.390 e. The molecule has 1 saturated heterocycles. The Bertz CT molecular complexity index is 1270. The van der Waals surface area contributed by atoms with E-state index in [0.717, 1.165) is 6.33 Å². The Balaban J connectivity index is 1.59. The van der Waals surface area contributed by atoms with Crippen molar-refractivity contribution in [2.45, 2.75) is 43.5 Å². The van der Waals surface area contributed by atoms with Crippen molar-refractivity contribution in [2.24, 2.45) is 0 Å². The van der Waals surface area contributed by atoms with Gasteiger partial charge in [0.25, 0.3) is 0 Å². The molecule has 0 bridgehead atoms. The number of fused-ring (bicyclic) bond motifs is 1. The van der Waals surface area contributed by atoms with E-state index in [-0.39, 0.29) is 17.0 Å². The molecule has 0 radical (unpaired) electrons. The number of phosphoric acid groups is 3. The number of aliphatic hydroxyl groups is 3. The van der Waals surface area contributed by atoms with Gasteiger partial charge in [-0.15, -0.1) is 0 Å². The number of anilines is 1. The van der Waals surface area contributed by atoms with Gasteiger partial charge in [-0.05, 0) is 6.42 Å². The molecule has 0 amide bonds. The highest BCUT2D eigenvalue weighted by molar-refractivity contribution is 7.66. The van der Waals surface area contributed by atoms with Crippen LogP contribution in [0.25, 0.3) is 11.2 Å². The molecule has 20 nitrogen and oxygen atoms in total. The molecular formula is C13H20N5O15P3. The van der Waals surface area contributed by atoms with Crippen LogP contribution in [0.15, 0.2) is 12.7 Å². The molecule has 3 unspecified atom stereocenters. The molecule has 0 saturated carbocycles. The van der Waals surface area contributed by atoms with Crippen LogP contribution < -0.4 is 5.73 Å². The Kier molecular flexibility index (Phi) is 8.34. The molecule has 36 heavy (non-hydrogen) atoms. The maximum absolute atomic E-state index is 11.8. The highest BCUT2D eigenvalue weighted by Crippen LogP contribution is 2.66. The molecule has 3 heterocycles. The average molecular weight is 579 g/mol. The highest BCUT2D eigenvalue weighted by Gasteiger charge is 2.47. The van der Waals surface area contributed by atoms with Crippen LogP contribution in [-0.2, 0) is 36.4 Å². The zero-order chi connectivity index (χ0) is 27.1. The Labute approximate surface area is 199 Å². The fourth-order valence-corrected chi connectivity index (χ4v) is 6.18. The second-order valence-corrected chi connectivity index (χ2v) is 11.6. The number of nitrogens with two attached hydrogens (primary N) is 1. The summed E-state index contributed by atoms with van der Waals surface area (Å²) in [6, 6.07) is 0. The quantitative estimate of drug-likeness (QED) is 0.142. The van der Waals surface area contributed by atoms with Gasteiger partial charge in [0.05, 0.1) is 12.4 Å². The monoisotopic (exact) mass is 579 g/mol. The van der Waals surface area contributed by atoms with Crippen molar-refractivity contribution >= 4 is 46.4 Å². The molecule has 7 atom stereocenters. The maximum Gasteiger partial charge on any atom is 0.538 e. The van der Waals surface area contributed by atoms with Gasteiger partial charge in [0.2, 0.25) is 0 Å². The van der Waals surface area contributed by atoms with Crippen molar-refractivity contribution in [2.75, 3.05) is 5.73 Å². The molecule has 202 valence electrons. The van der Waals surface area contributed by atoms with Crippen molar-refractivity contribution in [1.82, 2.24) is 19.5 Å². The van der Waals surface area contributed by atoms with Crippen LogP contribution in [0, 0.1) is 0 Å². The molecule has 3 rings (SSSR count). The number of carbonyl (C=O) groups excluding carboxylic acids is 1. The van der Waals surface area contributed by atoms with Crippen LogP contribution in [0.3, 0.4) is 0 Å². The molecule has 0 spiro atoms. The number of ether oxygens (including phenoxy) is 1. The van der Waals surface area contributed by atoms with Crippen LogP contribution in [0.4, 0.5) is 5.82 Å². The van der Waals surface area contributed by atoms with Crippen LogP contribution >= 0.6 is 23.5 Å². The predicted octanol–water partition coefficient (Wildman–Crippen LogP) is -1.96. The van der Waals surface area contributed by atoms with Crippen LogP contribution in [0.2, 0.25) is 0 Å². The van der Waals surface area contributed by atoms with E-state index in [0.29, 0.717) is 0 Å². The van der Waals surface area contributed by atoms with Gasteiger partial charge in [-0.2, -0.15) is 8.62 Å². The summed E-state index contributed by atoms with van der Waals surface area (Å²) < 4.78 is 51.2. The molecule has 0 aliphatic carbocycles. The standard InChI is InChI=1S/C13H20N5O15P3/c14-11-7-12(16-3-15-11)18(4-17-7)13-9(22)8(21)10(30-13)5(19)1-2-6(20)31-35(26,27)33-36(28,29)32-34(23,24)25/h3-5,8-10,13,19,21-22H,1-2H2,(H,26,27)(H,28,29)(H2,14,15,16)(H2,23,24,25)/t5?,8-,9+,10+,13+/m0/s1. The number of aromatic nitrogens is 4. The molecule has 0 aromatic carbocycles. The summed E-state index contributed by atoms with van der Waals surface area (Å²) in [6.45, 7) is 0. The summed E-state index contributed by atoms with van der Waals surface area (Å²) in [6.07, 6.45) is -6.75. The summed E-state index contributed by atoms with van der Waals surface area (Å²) in [4.78, 5) is 58.9. The van der Waals surface area contributed by atoms with Crippen LogP contribution in [-0.4, -0.2) is 84.8 Å². The molecular weight excluding hydrogens is 559 g/mol. The summed E-state index contributed by atoms with van der Waals surface area (Å²) in [5.74, 6) is -1.52. The fourth-order valence-electron chi connectivity index (χ4n) is 3.19. The number of hydrogen-bond donors (Lipinski definition) is 8. The van der Waals surface area contributed by atoms with Gasteiger partial charge in [0.15, 0.2) is 17.7 Å². The first-order valence-corrected chi connectivity index (χ1v) is 14.0. The Hall–Kier alpha value is -1.89. The number of rotatable bonds is 10. The summed E-state index contributed by atoms with van der Waals surface area (Å²) in [5.41, 5.74) is 6.03. The Morgan fingerprint density at radius 1 is 1.08 bits per heavy atom. The molecule has 1 fully saturated rings. The van der Waals surface area contributed by atoms with Crippen molar-refractivity contribution in [3.8, 4) is 0 Å². The first-order valence-electron chi connectivity index (χ1n) is 9.48. The van der Waals surface area contributed by atoms with E-state index < -0.39 is 72.9 Å². The van der Waals surface area contributed by atoms with E-state index in [4.69, 9.17) is 25.2 Å². The lowest BCUT2D eigenvalue weighted by atomic mass is 10.0. The minimum absolute atomic E-state index is 0.0397. The lowest BCUT2D eigenvalue weighted by molar-refractivity contribution is -0.137. The van der Waals surface area contributed by atoms with Gasteiger partial charge < -0.3 is 45.0 Å². The van der Waals surface area contributed by atoms with Crippen molar-refractivity contribution < 1.29 is 71.3 Å². The molecule has 23 heteroatoms. The van der Waals surface area contributed by atoms with Gasteiger partial charge >= 0.3 is 29.4 Å². The van der Waals surface area contributed by atoms with Gasteiger partial charge in [0, 0.05) is 6.42 Å². The van der Waals surface area contributed by atoms with Crippen molar-refractivity contribution in [3.05, 3.63) is 12.7 Å². The maximum atomic E-state index is 11.8. The third-order valence-corrected chi connectivity index (χ3v) is 8.35. The van der Waals surface area contributed by atoms with Gasteiger partial charge in [-0.3, -0.25) is 14.3 Å². The van der Waals surface area contributed by atoms with Crippen molar-refractivity contribution in [3.63, 3.8) is 0 Å². The van der Waals surface area contributed by atoms with E-state index >= 15 is 0 Å². The highest BCUT2D eigenvalue weighted by atomic mass is 31.3. The zero-order valence-electron chi connectivity index (χ0n) is 17.6. The number of imidazole rings is 1. The number of carbonyl (C=O) groups is 1. The van der Waals surface area contributed by atoms with Crippen molar-refractivity contribution in [1.29, 1.82) is 0 Å². The van der Waals surface area contributed by atoms with E-state index in [1.165, 1.54) is 10.9 Å². The summed E-state index contributed by atoms with van der Waals surface area (Å²) >= 11 is 0.